The van der Waals surface area contributed by atoms with E-state index in [1.54, 1.807) is 12.1 Å². The number of carbonyl (C=O) groups is 1. The normalized spacial score (nSPS) is 18.8. The molecule has 21 heavy (non-hydrogen) atoms. The van der Waals surface area contributed by atoms with Crippen molar-refractivity contribution >= 4 is 22.5 Å². The van der Waals surface area contributed by atoms with Gasteiger partial charge in [-0.1, -0.05) is 0 Å². The second-order valence-corrected chi connectivity index (χ2v) is 5.39. The number of aromatic amines is 1. The van der Waals surface area contributed by atoms with Gasteiger partial charge in [-0.3, -0.25) is 9.89 Å². The monoisotopic (exact) mass is 297 g/mol. The number of nitrogens with one attached hydrogen (secondary N) is 2. The average Bonchev–Trinajstić information content (AvgIpc) is 2.80. The Morgan fingerprint density at radius 1 is 1.33 bits per heavy atom. The number of halogens is 3. The van der Waals surface area contributed by atoms with Gasteiger partial charge < -0.3 is 5.32 Å². The summed E-state index contributed by atoms with van der Waals surface area (Å²) in [6.45, 7) is 0. The van der Waals surface area contributed by atoms with Crippen LogP contribution in [-0.4, -0.2) is 22.0 Å². The van der Waals surface area contributed by atoms with Gasteiger partial charge in [0.1, 0.15) is 0 Å². The third-order valence-electron chi connectivity index (χ3n) is 3.86. The fraction of sp³-hybridized carbons (Fsp3) is 0.429. The van der Waals surface area contributed by atoms with Gasteiger partial charge in [0.2, 0.25) is 17.8 Å². The van der Waals surface area contributed by atoms with Crippen molar-refractivity contribution in [3.05, 3.63) is 24.1 Å². The maximum absolute atomic E-state index is 13.2. The van der Waals surface area contributed by atoms with Gasteiger partial charge in [0, 0.05) is 24.4 Å². The van der Waals surface area contributed by atoms with E-state index >= 15 is 0 Å². The molecule has 0 unspecified atom stereocenters. The molecule has 112 valence electrons. The van der Waals surface area contributed by atoms with E-state index < -0.39 is 17.8 Å². The number of aromatic nitrogens is 2. The van der Waals surface area contributed by atoms with Crippen molar-refractivity contribution in [3.8, 4) is 0 Å². The Labute approximate surface area is 118 Å². The lowest BCUT2D eigenvalue weighted by Gasteiger charge is -2.27. The minimum absolute atomic E-state index is 0.179. The highest BCUT2D eigenvalue weighted by Crippen LogP contribution is 2.36. The van der Waals surface area contributed by atoms with Crippen LogP contribution in [0.4, 0.5) is 18.9 Å². The van der Waals surface area contributed by atoms with Crippen molar-refractivity contribution in [2.45, 2.75) is 31.6 Å². The number of H-pyrrole nitrogens is 1. The van der Waals surface area contributed by atoms with Gasteiger partial charge in [-0.25, -0.2) is 8.78 Å². The number of amides is 1. The van der Waals surface area contributed by atoms with Crippen LogP contribution in [0.3, 0.4) is 0 Å². The first-order chi connectivity index (χ1) is 9.94. The Hall–Kier alpha value is -2.05. The Balaban J connectivity index is 1.69. The van der Waals surface area contributed by atoms with Crippen LogP contribution in [0.15, 0.2) is 18.2 Å². The standard InChI is InChI=1S/C14H14F3N3O/c15-12-10-2-1-9(7-11(10)19-20-12)18-13(21)8-3-5-14(16,17)6-4-8/h1-2,7-8H,3-6H2,(H,18,21)(H,19,20). The third kappa shape index (κ3) is 2.86. The number of benzene rings is 1. The Kier molecular flexibility index (Phi) is 3.35. The fourth-order valence-corrected chi connectivity index (χ4v) is 2.60. The van der Waals surface area contributed by atoms with Crippen molar-refractivity contribution in [1.82, 2.24) is 10.2 Å². The topological polar surface area (TPSA) is 57.8 Å². The second-order valence-electron chi connectivity index (χ2n) is 5.39. The second kappa shape index (κ2) is 5.05. The van der Waals surface area contributed by atoms with E-state index in [4.69, 9.17) is 0 Å². The smallest absolute Gasteiger partial charge is 0.248 e. The van der Waals surface area contributed by atoms with E-state index in [0.29, 0.717) is 16.6 Å². The number of alkyl halides is 2. The maximum Gasteiger partial charge on any atom is 0.248 e. The van der Waals surface area contributed by atoms with Crippen molar-refractivity contribution in [2.75, 3.05) is 5.32 Å². The van der Waals surface area contributed by atoms with Crippen molar-refractivity contribution in [1.29, 1.82) is 0 Å². The number of nitrogens with zero attached hydrogens (tertiary/aromatic N) is 1. The minimum atomic E-state index is -2.65. The molecule has 7 heteroatoms. The van der Waals surface area contributed by atoms with Gasteiger partial charge in [-0.05, 0) is 31.0 Å². The first-order valence-corrected chi connectivity index (χ1v) is 6.77. The Bertz CT molecular complexity index is 673. The van der Waals surface area contributed by atoms with Crippen LogP contribution in [0.25, 0.3) is 10.9 Å². The molecule has 1 aromatic heterocycles. The predicted molar refractivity (Wildman–Crippen MR) is 71.6 cm³/mol. The highest BCUT2D eigenvalue weighted by molar-refractivity contribution is 5.94. The summed E-state index contributed by atoms with van der Waals surface area (Å²) in [7, 11) is 0. The van der Waals surface area contributed by atoms with Crippen molar-refractivity contribution < 1.29 is 18.0 Å². The van der Waals surface area contributed by atoms with Crippen LogP contribution in [0.5, 0.6) is 0 Å². The maximum atomic E-state index is 13.2. The van der Waals surface area contributed by atoms with E-state index in [9.17, 15) is 18.0 Å². The number of fused-ring (bicyclic) bond motifs is 1. The van der Waals surface area contributed by atoms with Gasteiger partial charge >= 0.3 is 0 Å². The molecule has 1 heterocycles. The molecule has 1 amide bonds. The number of carbonyl (C=O) groups excluding carboxylic acids is 1. The zero-order valence-corrected chi connectivity index (χ0v) is 11.1. The molecule has 1 aliphatic carbocycles. The van der Waals surface area contributed by atoms with Crippen LogP contribution >= 0.6 is 0 Å². The summed E-state index contributed by atoms with van der Waals surface area (Å²) in [5, 5.41) is 9.00. The summed E-state index contributed by atoms with van der Waals surface area (Å²) in [5.74, 6) is -3.86. The first kappa shape index (κ1) is 13.9. The molecule has 1 aliphatic rings. The highest BCUT2D eigenvalue weighted by Gasteiger charge is 2.37. The molecular formula is C14H14F3N3O. The SMILES string of the molecule is O=C(Nc1ccc2c(F)[nH]nc2c1)C1CCC(F)(F)CC1. The number of hydrogen-bond acceptors (Lipinski definition) is 2. The lowest BCUT2D eigenvalue weighted by Crippen LogP contribution is -2.31. The molecule has 4 nitrogen and oxygen atoms in total. The minimum Gasteiger partial charge on any atom is -0.326 e. The molecule has 0 bridgehead atoms. The summed E-state index contributed by atoms with van der Waals surface area (Å²) in [6.07, 6.45) is -0.153. The summed E-state index contributed by atoms with van der Waals surface area (Å²) in [5.41, 5.74) is 0.886. The van der Waals surface area contributed by atoms with E-state index in [-0.39, 0.29) is 31.6 Å². The highest BCUT2D eigenvalue weighted by atomic mass is 19.3. The van der Waals surface area contributed by atoms with Crippen LogP contribution in [0, 0.1) is 11.9 Å². The molecule has 1 fully saturated rings. The van der Waals surface area contributed by atoms with Crippen LogP contribution < -0.4 is 5.32 Å². The van der Waals surface area contributed by atoms with E-state index in [1.165, 1.54) is 6.07 Å². The van der Waals surface area contributed by atoms with Gasteiger partial charge in [0.25, 0.3) is 0 Å². The molecular weight excluding hydrogens is 283 g/mol. The zero-order valence-electron chi connectivity index (χ0n) is 11.1. The molecule has 0 saturated heterocycles. The third-order valence-corrected chi connectivity index (χ3v) is 3.86. The Morgan fingerprint density at radius 3 is 2.76 bits per heavy atom. The summed E-state index contributed by atoms with van der Waals surface area (Å²) >= 11 is 0. The van der Waals surface area contributed by atoms with Crippen LogP contribution in [0.1, 0.15) is 25.7 Å². The van der Waals surface area contributed by atoms with Gasteiger partial charge in [-0.2, -0.15) is 9.49 Å². The molecule has 0 aliphatic heterocycles. The van der Waals surface area contributed by atoms with Crippen LogP contribution in [-0.2, 0) is 4.79 Å². The van der Waals surface area contributed by atoms with E-state index in [1.807, 2.05) is 0 Å². The van der Waals surface area contributed by atoms with E-state index in [0.717, 1.165) is 0 Å². The molecule has 0 atom stereocenters. The number of rotatable bonds is 2. The lowest BCUT2D eigenvalue weighted by molar-refractivity contribution is -0.124. The molecule has 1 aromatic carbocycles. The van der Waals surface area contributed by atoms with Gasteiger partial charge in [0.05, 0.1) is 10.9 Å². The molecule has 1 saturated carbocycles. The van der Waals surface area contributed by atoms with Crippen molar-refractivity contribution in [2.24, 2.45) is 5.92 Å². The predicted octanol–water partition coefficient (Wildman–Crippen LogP) is 3.47. The molecule has 3 rings (SSSR count). The largest absolute Gasteiger partial charge is 0.326 e. The summed E-state index contributed by atoms with van der Waals surface area (Å²) in [4.78, 5) is 12.1. The lowest BCUT2D eigenvalue weighted by atomic mass is 9.86. The summed E-state index contributed by atoms with van der Waals surface area (Å²) < 4.78 is 39.4. The molecule has 0 radical (unpaired) electrons. The number of anilines is 1. The zero-order chi connectivity index (χ0) is 15.0. The van der Waals surface area contributed by atoms with E-state index in [2.05, 4.69) is 15.5 Å². The van der Waals surface area contributed by atoms with Crippen molar-refractivity contribution in [3.63, 3.8) is 0 Å². The molecule has 2 aromatic rings. The quantitative estimate of drug-likeness (QED) is 0.891. The van der Waals surface area contributed by atoms with Gasteiger partial charge in [0.15, 0.2) is 0 Å². The fourth-order valence-electron chi connectivity index (χ4n) is 2.60. The summed E-state index contributed by atoms with van der Waals surface area (Å²) in [6, 6.07) is 4.62. The number of hydrogen-bond donors (Lipinski definition) is 2. The van der Waals surface area contributed by atoms with Crippen LogP contribution in [0.2, 0.25) is 0 Å². The molecule has 2 N–H and O–H groups in total. The van der Waals surface area contributed by atoms with Gasteiger partial charge in [-0.15, -0.1) is 0 Å². The first-order valence-electron chi connectivity index (χ1n) is 6.77. The molecule has 0 spiro atoms. The average molecular weight is 297 g/mol. The Morgan fingerprint density at radius 2 is 2.05 bits per heavy atom.